The Bertz CT molecular complexity index is 489. The smallest absolute Gasteiger partial charge is 0.147 e. The van der Waals surface area contributed by atoms with Crippen LogP contribution < -0.4 is 9.64 Å². The summed E-state index contributed by atoms with van der Waals surface area (Å²) >= 11 is 0. The van der Waals surface area contributed by atoms with E-state index in [9.17, 15) is 0 Å². The second-order valence-corrected chi connectivity index (χ2v) is 4.49. The van der Waals surface area contributed by atoms with Gasteiger partial charge in [-0.2, -0.15) is 10.5 Å². The number of nitriles is 2. The molecule has 0 radical (unpaired) electrons. The van der Waals surface area contributed by atoms with Crippen molar-refractivity contribution < 1.29 is 4.74 Å². The fraction of sp³-hybridized carbons (Fsp3) is 0.429. The summed E-state index contributed by atoms with van der Waals surface area (Å²) in [6.07, 6.45) is 1.19. The fourth-order valence-corrected chi connectivity index (χ4v) is 2.20. The molecule has 2 rings (SSSR count). The lowest BCUT2D eigenvalue weighted by atomic mass is 9.81. The predicted octanol–water partition coefficient (Wildman–Crippen LogP) is 2.33. The van der Waals surface area contributed by atoms with Crippen molar-refractivity contribution in [2.24, 2.45) is 5.41 Å². The molecule has 92 valence electrons. The zero-order valence-electron chi connectivity index (χ0n) is 10.4. The van der Waals surface area contributed by atoms with Crippen LogP contribution in [0.4, 0.5) is 5.69 Å². The molecule has 0 amide bonds. The maximum absolute atomic E-state index is 9.07. The molecule has 0 unspecified atom stereocenters. The molecule has 1 aromatic carbocycles. The first-order valence-electron chi connectivity index (χ1n) is 5.94. The average Bonchev–Trinajstić information content (AvgIpc) is 2.47. The van der Waals surface area contributed by atoms with Gasteiger partial charge in [0.1, 0.15) is 11.2 Å². The molecule has 1 fully saturated rings. The predicted molar refractivity (Wildman–Crippen MR) is 68.1 cm³/mol. The third-order valence-electron chi connectivity index (χ3n) is 3.46. The van der Waals surface area contributed by atoms with Crippen LogP contribution in [0.3, 0.4) is 0 Å². The molecule has 1 saturated heterocycles. The van der Waals surface area contributed by atoms with Gasteiger partial charge in [0.25, 0.3) is 0 Å². The van der Waals surface area contributed by atoms with Crippen molar-refractivity contribution in [3.63, 3.8) is 0 Å². The van der Waals surface area contributed by atoms with Gasteiger partial charge in [0, 0.05) is 24.8 Å². The van der Waals surface area contributed by atoms with Crippen LogP contribution in [0, 0.1) is 28.1 Å². The summed E-state index contributed by atoms with van der Waals surface area (Å²) in [5, 5.41) is 18.1. The summed E-state index contributed by atoms with van der Waals surface area (Å²) in [6.45, 7) is 1.46. The molecule has 0 aromatic heterocycles. The lowest BCUT2D eigenvalue weighted by Gasteiger charge is -2.34. The van der Waals surface area contributed by atoms with Crippen molar-refractivity contribution >= 4 is 5.69 Å². The number of hydrogen-bond donors (Lipinski definition) is 0. The van der Waals surface area contributed by atoms with E-state index in [-0.39, 0.29) is 0 Å². The van der Waals surface area contributed by atoms with E-state index in [4.69, 9.17) is 15.3 Å². The molecule has 0 bridgehead atoms. The molecule has 0 spiro atoms. The number of ether oxygens (including phenoxy) is 1. The molecule has 0 atom stereocenters. The van der Waals surface area contributed by atoms with E-state index >= 15 is 0 Å². The van der Waals surface area contributed by atoms with Gasteiger partial charge in [0.05, 0.1) is 19.2 Å². The Labute approximate surface area is 107 Å². The lowest BCUT2D eigenvalue weighted by molar-refractivity contribution is 0.392. The van der Waals surface area contributed by atoms with Crippen LogP contribution in [0.1, 0.15) is 12.8 Å². The summed E-state index contributed by atoms with van der Waals surface area (Å²) < 4.78 is 5.20. The van der Waals surface area contributed by atoms with Crippen molar-refractivity contribution in [2.45, 2.75) is 12.8 Å². The zero-order valence-corrected chi connectivity index (χ0v) is 10.4. The molecule has 1 aliphatic rings. The van der Waals surface area contributed by atoms with Crippen molar-refractivity contribution in [1.29, 1.82) is 10.5 Å². The van der Waals surface area contributed by atoms with Crippen LogP contribution >= 0.6 is 0 Å². The van der Waals surface area contributed by atoms with E-state index in [1.54, 1.807) is 7.11 Å². The molecule has 1 aliphatic heterocycles. The number of nitrogens with zero attached hydrogens (tertiary/aromatic N) is 3. The highest BCUT2D eigenvalue weighted by Gasteiger charge is 2.34. The standard InChI is InChI=1S/C14H15N3O/c1-18-13-4-2-3-12(9-13)17-7-5-14(10-15,11-16)6-8-17/h2-4,9H,5-8H2,1H3. The minimum absolute atomic E-state index is 0.594. The first kappa shape index (κ1) is 12.3. The van der Waals surface area contributed by atoms with Crippen LogP contribution in [0.2, 0.25) is 0 Å². The topological polar surface area (TPSA) is 60.0 Å². The molecule has 4 heteroatoms. The van der Waals surface area contributed by atoms with Gasteiger partial charge in [-0.1, -0.05) is 6.07 Å². The highest BCUT2D eigenvalue weighted by molar-refractivity contribution is 5.51. The molecule has 0 N–H and O–H groups in total. The molecule has 1 heterocycles. The van der Waals surface area contributed by atoms with Crippen molar-refractivity contribution in [1.82, 2.24) is 0 Å². The van der Waals surface area contributed by atoms with E-state index in [0.717, 1.165) is 24.5 Å². The first-order valence-corrected chi connectivity index (χ1v) is 5.94. The molecule has 1 aromatic rings. The number of methoxy groups -OCH3 is 1. The summed E-state index contributed by atoms with van der Waals surface area (Å²) in [5.41, 5.74) is 0.286. The molecular formula is C14H15N3O. The monoisotopic (exact) mass is 241 g/mol. The second-order valence-electron chi connectivity index (χ2n) is 4.49. The van der Waals surface area contributed by atoms with Crippen LogP contribution in [-0.4, -0.2) is 20.2 Å². The van der Waals surface area contributed by atoms with Crippen LogP contribution in [0.15, 0.2) is 24.3 Å². The van der Waals surface area contributed by atoms with Gasteiger partial charge < -0.3 is 9.64 Å². The van der Waals surface area contributed by atoms with Gasteiger partial charge in [-0.05, 0) is 25.0 Å². The van der Waals surface area contributed by atoms with Gasteiger partial charge in [0.15, 0.2) is 0 Å². The molecule has 0 saturated carbocycles. The molecule has 4 nitrogen and oxygen atoms in total. The van der Waals surface area contributed by atoms with Crippen LogP contribution in [-0.2, 0) is 0 Å². The Balaban J connectivity index is 2.10. The van der Waals surface area contributed by atoms with E-state index in [0.29, 0.717) is 12.8 Å². The highest BCUT2D eigenvalue weighted by atomic mass is 16.5. The van der Waals surface area contributed by atoms with E-state index in [1.165, 1.54) is 0 Å². The Hall–Kier alpha value is -2.20. The summed E-state index contributed by atoms with van der Waals surface area (Å²) in [4.78, 5) is 2.19. The Morgan fingerprint density at radius 1 is 1.22 bits per heavy atom. The molecular weight excluding hydrogens is 226 g/mol. The lowest BCUT2D eigenvalue weighted by Crippen LogP contribution is -2.38. The fourth-order valence-electron chi connectivity index (χ4n) is 2.20. The minimum Gasteiger partial charge on any atom is -0.497 e. The highest BCUT2D eigenvalue weighted by Crippen LogP contribution is 2.33. The summed E-state index contributed by atoms with van der Waals surface area (Å²) in [6, 6.07) is 12.2. The Morgan fingerprint density at radius 2 is 1.89 bits per heavy atom. The third-order valence-corrected chi connectivity index (χ3v) is 3.46. The van der Waals surface area contributed by atoms with Crippen molar-refractivity contribution in [3.8, 4) is 17.9 Å². The number of hydrogen-bond acceptors (Lipinski definition) is 4. The SMILES string of the molecule is COc1cccc(N2CCC(C#N)(C#N)CC2)c1. The Morgan fingerprint density at radius 3 is 2.44 bits per heavy atom. The number of benzene rings is 1. The maximum Gasteiger partial charge on any atom is 0.147 e. The van der Waals surface area contributed by atoms with Gasteiger partial charge >= 0.3 is 0 Å². The van der Waals surface area contributed by atoms with Crippen LogP contribution in [0.5, 0.6) is 5.75 Å². The summed E-state index contributed by atoms with van der Waals surface area (Å²) in [5.74, 6) is 0.824. The van der Waals surface area contributed by atoms with Crippen molar-refractivity contribution in [3.05, 3.63) is 24.3 Å². The zero-order chi connectivity index (χ0) is 13.0. The maximum atomic E-state index is 9.07. The average molecular weight is 241 g/mol. The van der Waals surface area contributed by atoms with Gasteiger partial charge in [-0.25, -0.2) is 0 Å². The Kier molecular flexibility index (Phi) is 3.39. The van der Waals surface area contributed by atoms with E-state index < -0.39 is 5.41 Å². The summed E-state index contributed by atoms with van der Waals surface area (Å²) in [7, 11) is 1.64. The van der Waals surface area contributed by atoms with E-state index in [2.05, 4.69) is 17.0 Å². The largest absolute Gasteiger partial charge is 0.497 e. The number of piperidine rings is 1. The minimum atomic E-state index is -0.796. The normalized spacial score (nSPS) is 17.6. The molecule has 18 heavy (non-hydrogen) atoms. The van der Waals surface area contributed by atoms with E-state index in [1.807, 2.05) is 24.3 Å². The molecule has 0 aliphatic carbocycles. The van der Waals surface area contributed by atoms with Crippen molar-refractivity contribution in [2.75, 3.05) is 25.1 Å². The number of anilines is 1. The van der Waals surface area contributed by atoms with Gasteiger partial charge in [-0.3, -0.25) is 0 Å². The van der Waals surface area contributed by atoms with Crippen LogP contribution in [0.25, 0.3) is 0 Å². The second kappa shape index (κ2) is 4.98. The quantitative estimate of drug-likeness (QED) is 0.797. The third kappa shape index (κ3) is 2.24. The van der Waals surface area contributed by atoms with Gasteiger partial charge in [0.2, 0.25) is 0 Å². The van der Waals surface area contributed by atoms with Gasteiger partial charge in [-0.15, -0.1) is 0 Å². The number of rotatable bonds is 2. The first-order chi connectivity index (χ1) is 8.73.